The van der Waals surface area contributed by atoms with Crippen molar-refractivity contribution in [1.29, 1.82) is 0 Å². The molecule has 0 unspecified atom stereocenters. The van der Waals surface area contributed by atoms with Crippen molar-refractivity contribution in [2.75, 3.05) is 41.4 Å². The number of carbonyl (C=O) groups is 1. The van der Waals surface area contributed by atoms with Crippen molar-refractivity contribution in [2.45, 2.75) is 74.8 Å². The minimum absolute atomic E-state index is 0.0457. The van der Waals surface area contributed by atoms with Gasteiger partial charge in [-0.3, -0.25) is 4.90 Å². The van der Waals surface area contributed by atoms with Crippen LogP contribution in [-0.2, 0) is 23.4 Å². The highest BCUT2D eigenvalue weighted by Gasteiger charge is 2.56. The lowest BCUT2D eigenvalue weighted by Crippen LogP contribution is -2.60. The number of methoxy groups -OCH3 is 2. The van der Waals surface area contributed by atoms with E-state index in [-0.39, 0.29) is 22.7 Å². The van der Waals surface area contributed by atoms with Crippen LogP contribution >= 0.6 is 0 Å². The van der Waals surface area contributed by atoms with Crippen LogP contribution in [0, 0.1) is 0 Å². The van der Waals surface area contributed by atoms with Crippen LogP contribution in [-0.4, -0.2) is 73.3 Å². The highest BCUT2D eigenvalue weighted by Crippen LogP contribution is 2.51. The number of benzene rings is 3. The van der Waals surface area contributed by atoms with Gasteiger partial charge in [0.05, 0.1) is 38.5 Å². The van der Waals surface area contributed by atoms with Crippen molar-refractivity contribution in [1.82, 2.24) is 14.7 Å². The molecule has 1 spiro atoms. The van der Waals surface area contributed by atoms with Gasteiger partial charge in [-0.15, -0.1) is 0 Å². The van der Waals surface area contributed by atoms with Gasteiger partial charge in [-0.2, -0.15) is 0 Å². The van der Waals surface area contributed by atoms with Crippen LogP contribution in [0.5, 0.6) is 11.5 Å². The lowest BCUT2D eigenvalue weighted by Gasteiger charge is -2.53. The molecule has 3 aromatic rings. The predicted octanol–water partition coefficient (Wildman–Crippen LogP) is 6.85. The zero-order valence-electron chi connectivity index (χ0n) is 26.8. The fourth-order valence-corrected chi connectivity index (χ4v) is 7.76. The lowest BCUT2D eigenvalue weighted by atomic mass is 9.67. The van der Waals surface area contributed by atoms with Crippen LogP contribution in [0.1, 0.15) is 61.6 Å². The summed E-state index contributed by atoms with van der Waals surface area (Å²) in [6.45, 7) is 2.46. The van der Waals surface area contributed by atoms with Crippen LogP contribution in [0.4, 0.5) is 4.79 Å². The highest BCUT2D eigenvalue weighted by atomic mass is 16.5. The van der Waals surface area contributed by atoms with Gasteiger partial charge < -0.3 is 24.0 Å². The number of hydrogen-bond acceptors (Lipinski definition) is 5. The van der Waals surface area contributed by atoms with Crippen molar-refractivity contribution >= 4 is 6.03 Å². The first kappa shape index (κ1) is 30.5. The van der Waals surface area contributed by atoms with Crippen molar-refractivity contribution in [3.63, 3.8) is 0 Å². The van der Waals surface area contributed by atoms with Crippen LogP contribution in [0.2, 0.25) is 0 Å². The molecule has 0 aromatic heterocycles. The molecule has 1 heterocycles. The average molecular weight is 598 g/mol. The van der Waals surface area contributed by atoms with E-state index >= 15 is 0 Å². The second-order valence-electron chi connectivity index (χ2n) is 13.2. The Morgan fingerprint density at radius 2 is 1.43 bits per heavy atom. The Morgan fingerprint density at radius 1 is 0.773 bits per heavy atom. The van der Waals surface area contributed by atoms with Gasteiger partial charge in [0.25, 0.3) is 0 Å². The summed E-state index contributed by atoms with van der Waals surface area (Å²) >= 11 is 0. The maximum absolute atomic E-state index is 14.4. The fourth-order valence-electron chi connectivity index (χ4n) is 7.76. The molecule has 0 atom stereocenters. The predicted molar refractivity (Wildman–Crippen MR) is 173 cm³/mol. The van der Waals surface area contributed by atoms with E-state index in [1.54, 1.807) is 14.2 Å². The van der Waals surface area contributed by atoms with Crippen molar-refractivity contribution in [3.8, 4) is 11.5 Å². The SMILES string of the molecule is COc1ccc(CN2CC3(CCC(c4ccccc4)(N(C)C)CC3)N(CC3(OCc4ccccc4)CCC3)C2=O)cc1OC. The molecule has 7 heteroatoms. The number of rotatable bonds is 11. The van der Waals surface area contributed by atoms with Gasteiger partial charge in [-0.1, -0.05) is 66.7 Å². The molecule has 0 bridgehead atoms. The van der Waals surface area contributed by atoms with Gasteiger partial charge in [-0.25, -0.2) is 4.79 Å². The Hall–Kier alpha value is -3.55. The maximum Gasteiger partial charge on any atom is 0.321 e. The molecule has 1 saturated heterocycles. The third-order valence-electron chi connectivity index (χ3n) is 10.7. The molecule has 2 amide bonds. The quantitative estimate of drug-likeness (QED) is 0.242. The Bertz CT molecular complexity index is 1420. The van der Waals surface area contributed by atoms with Gasteiger partial charge in [0.15, 0.2) is 11.5 Å². The molecule has 2 aliphatic carbocycles. The van der Waals surface area contributed by atoms with Crippen LogP contribution in [0.15, 0.2) is 78.9 Å². The smallest absolute Gasteiger partial charge is 0.321 e. The molecule has 3 aromatic carbocycles. The summed E-state index contributed by atoms with van der Waals surface area (Å²) in [6.07, 6.45) is 7.00. The third-order valence-corrected chi connectivity index (χ3v) is 10.7. The molecule has 3 fully saturated rings. The minimum atomic E-state index is -0.298. The summed E-state index contributed by atoms with van der Waals surface area (Å²) < 4.78 is 17.7. The Morgan fingerprint density at radius 3 is 2.02 bits per heavy atom. The van der Waals surface area contributed by atoms with Gasteiger partial charge in [0.2, 0.25) is 0 Å². The number of amides is 2. The molecule has 7 nitrogen and oxygen atoms in total. The van der Waals surface area contributed by atoms with Gasteiger partial charge in [0.1, 0.15) is 0 Å². The van der Waals surface area contributed by atoms with Crippen LogP contribution < -0.4 is 9.47 Å². The van der Waals surface area contributed by atoms with Gasteiger partial charge in [0, 0.05) is 18.6 Å². The standard InChI is InChI=1S/C37H47N3O4/c1-38(2)37(31-14-9-6-10-15-31)22-20-35(21-23-37)27-39(25-30-16-17-32(42-3)33(24-30)43-4)34(41)40(35)28-36(18-11-19-36)44-26-29-12-7-5-8-13-29/h5-10,12-17,24H,11,18-23,25-28H2,1-4H3. The zero-order valence-corrected chi connectivity index (χ0v) is 26.8. The topological polar surface area (TPSA) is 54.5 Å². The average Bonchev–Trinajstić information content (AvgIpc) is 3.28. The molecule has 3 aliphatic rings. The van der Waals surface area contributed by atoms with Crippen molar-refractivity contribution in [2.24, 2.45) is 0 Å². The zero-order chi connectivity index (χ0) is 30.8. The largest absolute Gasteiger partial charge is 0.493 e. The third kappa shape index (κ3) is 5.68. The van der Waals surface area contributed by atoms with E-state index < -0.39 is 0 Å². The second-order valence-corrected chi connectivity index (χ2v) is 13.2. The number of ether oxygens (including phenoxy) is 3. The summed E-state index contributed by atoms with van der Waals surface area (Å²) in [4.78, 5) is 21.1. The number of nitrogens with zero attached hydrogens (tertiary/aromatic N) is 3. The maximum atomic E-state index is 14.4. The van der Waals surface area contributed by atoms with E-state index in [9.17, 15) is 4.79 Å². The second kappa shape index (κ2) is 12.4. The van der Waals surface area contributed by atoms with Crippen molar-refractivity contribution in [3.05, 3.63) is 95.6 Å². The lowest BCUT2D eigenvalue weighted by molar-refractivity contribution is -0.130. The molecule has 44 heavy (non-hydrogen) atoms. The van der Waals surface area contributed by atoms with Gasteiger partial charge in [-0.05, 0) is 87.9 Å². The normalized spacial score (nSPS) is 24.5. The molecular weight excluding hydrogens is 550 g/mol. The molecular formula is C37H47N3O4. The fraction of sp³-hybridized carbons (Fsp3) is 0.486. The van der Waals surface area contributed by atoms with Crippen LogP contribution in [0.3, 0.4) is 0 Å². The van der Waals surface area contributed by atoms with E-state index in [1.807, 2.05) is 24.3 Å². The Balaban J connectivity index is 1.28. The minimum Gasteiger partial charge on any atom is -0.493 e. The van der Waals surface area contributed by atoms with Crippen molar-refractivity contribution < 1.29 is 19.0 Å². The number of urea groups is 1. The molecule has 234 valence electrons. The van der Waals surface area contributed by atoms with Crippen LogP contribution in [0.25, 0.3) is 0 Å². The first-order valence-corrected chi connectivity index (χ1v) is 16.0. The van der Waals surface area contributed by atoms with E-state index in [4.69, 9.17) is 14.2 Å². The molecule has 2 saturated carbocycles. The first-order chi connectivity index (χ1) is 21.3. The van der Waals surface area contributed by atoms with E-state index in [2.05, 4.69) is 83.4 Å². The molecule has 6 rings (SSSR count). The van der Waals surface area contributed by atoms with E-state index in [0.29, 0.717) is 37.7 Å². The number of carbonyl (C=O) groups excluding carboxylic acids is 1. The summed E-state index contributed by atoms with van der Waals surface area (Å²) in [5.41, 5.74) is 2.99. The summed E-state index contributed by atoms with van der Waals surface area (Å²) in [6, 6.07) is 27.4. The summed E-state index contributed by atoms with van der Waals surface area (Å²) in [7, 11) is 7.70. The first-order valence-electron chi connectivity index (χ1n) is 16.0. The number of hydrogen-bond donors (Lipinski definition) is 0. The monoisotopic (exact) mass is 597 g/mol. The summed E-state index contributed by atoms with van der Waals surface area (Å²) in [5.74, 6) is 1.38. The van der Waals surface area contributed by atoms with E-state index in [0.717, 1.165) is 50.5 Å². The van der Waals surface area contributed by atoms with E-state index in [1.165, 1.54) is 11.1 Å². The Kier molecular flexibility index (Phi) is 8.62. The van der Waals surface area contributed by atoms with Gasteiger partial charge >= 0.3 is 6.03 Å². The highest BCUT2D eigenvalue weighted by molar-refractivity contribution is 5.78. The molecule has 0 radical (unpaired) electrons. The molecule has 0 N–H and O–H groups in total. The Labute approximate surface area is 262 Å². The molecule has 1 aliphatic heterocycles. The summed E-state index contributed by atoms with van der Waals surface area (Å²) in [5, 5.41) is 0.